The number of benzene rings is 2. The van der Waals surface area contributed by atoms with Crippen molar-refractivity contribution in [3.05, 3.63) is 71.0 Å². The van der Waals surface area contributed by atoms with E-state index in [1.54, 1.807) is 19.2 Å². The van der Waals surface area contributed by atoms with E-state index < -0.39 is 0 Å². The summed E-state index contributed by atoms with van der Waals surface area (Å²) in [6.07, 6.45) is 2.44. The molecule has 148 valence electrons. The molecular weight excluding hydrogens is 355 g/mol. The Balaban J connectivity index is 1.41. The molecule has 0 bridgehead atoms. The van der Waals surface area contributed by atoms with Crippen LogP contribution in [0, 0.1) is 5.82 Å². The first kappa shape index (κ1) is 19.9. The van der Waals surface area contributed by atoms with Gasteiger partial charge in [-0.1, -0.05) is 36.4 Å². The number of hydrogen-bond acceptors (Lipinski definition) is 2. The maximum atomic E-state index is 12.9. The minimum absolute atomic E-state index is 0.216. The molecule has 1 amide bonds. The number of likely N-dealkylation sites (tertiary alicyclic amines) is 1. The highest BCUT2D eigenvalue weighted by atomic mass is 19.1. The van der Waals surface area contributed by atoms with Crippen molar-refractivity contribution in [1.82, 2.24) is 15.5 Å². The third-order valence-corrected chi connectivity index (χ3v) is 4.87. The number of carbonyl (C=O) groups excluding carboxylic acids is 1. The quantitative estimate of drug-likeness (QED) is 0.572. The van der Waals surface area contributed by atoms with Crippen LogP contribution in [0.5, 0.6) is 0 Å². The van der Waals surface area contributed by atoms with E-state index in [-0.39, 0.29) is 11.7 Å². The largest absolute Gasteiger partial charge is 0.356 e. The Morgan fingerprint density at radius 1 is 1.04 bits per heavy atom. The minimum Gasteiger partial charge on any atom is -0.356 e. The highest BCUT2D eigenvalue weighted by Gasteiger charge is 2.19. The van der Waals surface area contributed by atoms with Gasteiger partial charge in [-0.25, -0.2) is 4.39 Å². The van der Waals surface area contributed by atoms with E-state index in [0.29, 0.717) is 26.1 Å². The summed E-state index contributed by atoms with van der Waals surface area (Å²) < 4.78 is 12.9. The van der Waals surface area contributed by atoms with Crippen molar-refractivity contribution >= 4 is 11.9 Å². The van der Waals surface area contributed by atoms with Gasteiger partial charge in [0, 0.05) is 39.6 Å². The van der Waals surface area contributed by atoms with Gasteiger partial charge in [0.05, 0.1) is 0 Å². The lowest BCUT2D eigenvalue weighted by Gasteiger charge is -2.16. The predicted molar refractivity (Wildman–Crippen MR) is 109 cm³/mol. The van der Waals surface area contributed by atoms with E-state index in [9.17, 15) is 9.18 Å². The summed E-state index contributed by atoms with van der Waals surface area (Å²) in [7, 11) is 1.74. The zero-order chi connectivity index (χ0) is 19.8. The number of rotatable bonds is 7. The Kier molecular flexibility index (Phi) is 7.00. The first-order valence-corrected chi connectivity index (χ1v) is 9.68. The maximum Gasteiger partial charge on any atom is 0.222 e. The topological polar surface area (TPSA) is 56.7 Å². The van der Waals surface area contributed by atoms with Crippen LogP contribution in [-0.2, 0) is 24.3 Å². The van der Waals surface area contributed by atoms with Gasteiger partial charge in [0.2, 0.25) is 5.91 Å². The van der Waals surface area contributed by atoms with E-state index in [2.05, 4.69) is 39.9 Å². The fraction of sp³-hybridized carbons (Fsp3) is 0.364. The summed E-state index contributed by atoms with van der Waals surface area (Å²) in [6, 6.07) is 14.9. The molecule has 0 unspecified atom stereocenters. The van der Waals surface area contributed by atoms with Crippen LogP contribution in [0.1, 0.15) is 29.5 Å². The van der Waals surface area contributed by atoms with Crippen molar-refractivity contribution in [2.75, 3.05) is 20.1 Å². The van der Waals surface area contributed by atoms with Crippen molar-refractivity contribution in [1.29, 1.82) is 0 Å². The van der Waals surface area contributed by atoms with Gasteiger partial charge in [-0.15, -0.1) is 0 Å². The van der Waals surface area contributed by atoms with E-state index >= 15 is 0 Å². The zero-order valence-corrected chi connectivity index (χ0v) is 16.2. The molecule has 1 fully saturated rings. The van der Waals surface area contributed by atoms with Crippen molar-refractivity contribution in [3.63, 3.8) is 0 Å². The molecule has 2 aromatic rings. The van der Waals surface area contributed by atoms with Gasteiger partial charge in [0.15, 0.2) is 5.96 Å². The highest BCUT2D eigenvalue weighted by molar-refractivity contribution is 5.79. The van der Waals surface area contributed by atoms with Crippen LogP contribution in [0.15, 0.2) is 53.5 Å². The molecule has 5 nitrogen and oxygen atoms in total. The number of hydrogen-bond donors (Lipinski definition) is 2. The van der Waals surface area contributed by atoms with E-state index in [0.717, 1.165) is 42.0 Å². The summed E-state index contributed by atoms with van der Waals surface area (Å²) in [4.78, 5) is 17.9. The lowest BCUT2D eigenvalue weighted by atomic mass is 10.1. The van der Waals surface area contributed by atoms with Crippen molar-refractivity contribution < 1.29 is 9.18 Å². The highest BCUT2D eigenvalue weighted by Crippen LogP contribution is 2.14. The first-order chi connectivity index (χ1) is 13.6. The van der Waals surface area contributed by atoms with Crippen LogP contribution in [0.4, 0.5) is 4.39 Å². The SMILES string of the molecule is CN=C(NCCc1ccc(F)cc1)NCc1ccc(CN2CCCC2=O)cc1. The molecule has 0 atom stereocenters. The second-order valence-corrected chi connectivity index (χ2v) is 6.96. The van der Waals surface area contributed by atoms with E-state index in [1.165, 1.54) is 12.1 Å². The van der Waals surface area contributed by atoms with Crippen LogP contribution in [-0.4, -0.2) is 36.9 Å². The average molecular weight is 382 g/mol. The molecule has 0 saturated carbocycles. The van der Waals surface area contributed by atoms with E-state index in [4.69, 9.17) is 0 Å². The molecule has 2 N–H and O–H groups in total. The Hall–Kier alpha value is -2.89. The molecule has 3 rings (SSSR count). The molecule has 28 heavy (non-hydrogen) atoms. The Morgan fingerprint density at radius 2 is 1.71 bits per heavy atom. The molecule has 0 aromatic heterocycles. The fourth-order valence-corrected chi connectivity index (χ4v) is 3.24. The lowest BCUT2D eigenvalue weighted by molar-refractivity contribution is -0.128. The number of carbonyl (C=O) groups is 1. The van der Waals surface area contributed by atoms with Crippen molar-refractivity contribution in [3.8, 4) is 0 Å². The van der Waals surface area contributed by atoms with Gasteiger partial charge in [-0.3, -0.25) is 9.79 Å². The molecule has 1 aliphatic heterocycles. The van der Waals surface area contributed by atoms with Crippen molar-refractivity contribution in [2.45, 2.75) is 32.4 Å². The Labute approximate surface area is 165 Å². The lowest BCUT2D eigenvalue weighted by Crippen LogP contribution is -2.37. The smallest absolute Gasteiger partial charge is 0.222 e. The summed E-state index contributed by atoms with van der Waals surface area (Å²) in [5, 5.41) is 6.56. The third-order valence-electron chi connectivity index (χ3n) is 4.87. The Morgan fingerprint density at radius 3 is 2.36 bits per heavy atom. The van der Waals surface area contributed by atoms with Gasteiger partial charge in [-0.2, -0.15) is 0 Å². The molecule has 1 saturated heterocycles. The normalized spacial score (nSPS) is 14.4. The van der Waals surface area contributed by atoms with Gasteiger partial charge in [0.1, 0.15) is 5.82 Å². The monoisotopic (exact) mass is 382 g/mol. The predicted octanol–water partition coefficient (Wildman–Crippen LogP) is 2.86. The zero-order valence-electron chi connectivity index (χ0n) is 16.2. The molecule has 1 aliphatic rings. The van der Waals surface area contributed by atoms with E-state index in [1.807, 2.05) is 4.90 Å². The van der Waals surface area contributed by atoms with Crippen molar-refractivity contribution in [2.24, 2.45) is 4.99 Å². The fourth-order valence-electron chi connectivity index (χ4n) is 3.24. The molecular formula is C22H27FN4O. The molecule has 0 aliphatic carbocycles. The molecule has 2 aromatic carbocycles. The van der Waals surface area contributed by atoms with Crippen LogP contribution >= 0.6 is 0 Å². The number of guanidine groups is 1. The average Bonchev–Trinajstić information content (AvgIpc) is 3.11. The number of amides is 1. The number of nitrogens with one attached hydrogen (secondary N) is 2. The van der Waals surface area contributed by atoms with Gasteiger partial charge in [-0.05, 0) is 41.7 Å². The van der Waals surface area contributed by atoms with Crippen LogP contribution in [0.25, 0.3) is 0 Å². The molecule has 0 radical (unpaired) electrons. The maximum absolute atomic E-state index is 12.9. The standard InChI is InChI=1S/C22H27FN4O/c1-24-22(25-13-12-17-8-10-20(23)11-9-17)26-15-18-4-6-19(7-5-18)16-27-14-2-3-21(27)28/h4-11H,2-3,12-16H2,1H3,(H2,24,25,26). The number of nitrogens with zero attached hydrogens (tertiary/aromatic N) is 2. The second-order valence-electron chi connectivity index (χ2n) is 6.96. The van der Waals surface area contributed by atoms with Gasteiger partial charge in [0.25, 0.3) is 0 Å². The summed E-state index contributed by atoms with van der Waals surface area (Å²) in [5.41, 5.74) is 3.38. The molecule has 6 heteroatoms. The molecule has 0 spiro atoms. The van der Waals surface area contributed by atoms with Crippen LogP contribution in [0.2, 0.25) is 0 Å². The summed E-state index contributed by atoms with van der Waals surface area (Å²) in [6.45, 7) is 2.94. The first-order valence-electron chi connectivity index (χ1n) is 9.68. The van der Waals surface area contributed by atoms with Gasteiger partial charge >= 0.3 is 0 Å². The molecule has 1 heterocycles. The van der Waals surface area contributed by atoms with Crippen LogP contribution in [0.3, 0.4) is 0 Å². The number of aliphatic imine (C=N–C) groups is 1. The van der Waals surface area contributed by atoms with Gasteiger partial charge < -0.3 is 15.5 Å². The summed E-state index contributed by atoms with van der Waals surface area (Å²) in [5.74, 6) is 0.766. The third kappa shape index (κ3) is 5.81. The second kappa shape index (κ2) is 9.88. The Bertz CT molecular complexity index is 802. The number of halogens is 1. The summed E-state index contributed by atoms with van der Waals surface area (Å²) >= 11 is 0. The van der Waals surface area contributed by atoms with Crippen LogP contribution < -0.4 is 10.6 Å². The minimum atomic E-state index is -0.216.